The number of aromatic nitrogens is 2. The van der Waals surface area contributed by atoms with Gasteiger partial charge in [0, 0.05) is 27.2 Å². The summed E-state index contributed by atoms with van der Waals surface area (Å²) in [5.41, 5.74) is 5.71. The molecule has 0 aliphatic rings. The summed E-state index contributed by atoms with van der Waals surface area (Å²) >= 11 is 5.87. The number of rotatable bonds is 3. The van der Waals surface area contributed by atoms with Crippen LogP contribution in [0.1, 0.15) is 0 Å². The highest BCUT2D eigenvalue weighted by atomic mass is 35.5. The molecule has 1 rings (SSSR count). The van der Waals surface area contributed by atoms with Crippen molar-refractivity contribution in [2.45, 2.75) is 0 Å². The largest absolute Gasteiger partial charge is 0.371 e. The smallest absolute Gasteiger partial charge is 0.287 e. The van der Waals surface area contributed by atoms with Gasteiger partial charge in [0.15, 0.2) is 0 Å². The van der Waals surface area contributed by atoms with Crippen LogP contribution in [0.4, 0.5) is 5.69 Å². The number of anilines is 1. The molecule has 0 radical (unpaired) electrons. The first-order valence-electron chi connectivity index (χ1n) is 4.21. The molecule has 0 aliphatic heterocycles. The monoisotopic (exact) mass is 216 g/mol. The second-order valence-electron chi connectivity index (χ2n) is 2.98. The summed E-state index contributed by atoms with van der Waals surface area (Å²) < 4.78 is 1.20. The Bertz CT molecular complexity index is 376. The molecular formula is C8H13ClN4O. The summed E-state index contributed by atoms with van der Waals surface area (Å²) in [4.78, 5) is 13.2. The van der Waals surface area contributed by atoms with Crippen LogP contribution in [0.5, 0.6) is 0 Å². The molecule has 0 spiro atoms. The molecule has 0 fully saturated rings. The number of halogens is 1. The lowest BCUT2D eigenvalue weighted by atomic mass is 10.4. The minimum Gasteiger partial charge on any atom is -0.371 e. The molecule has 1 aromatic rings. The van der Waals surface area contributed by atoms with E-state index >= 15 is 0 Å². The number of nitrogens with two attached hydrogens (primary N) is 1. The van der Waals surface area contributed by atoms with E-state index in [9.17, 15) is 4.79 Å². The highest BCUT2D eigenvalue weighted by Crippen LogP contribution is 2.18. The molecule has 0 saturated carbocycles. The molecule has 2 N–H and O–H groups in total. The Morgan fingerprint density at radius 2 is 2.36 bits per heavy atom. The molecule has 0 unspecified atom stereocenters. The van der Waals surface area contributed by atoms with E-state index in [1.807, 2.05) is 7.05 Å². The highest BCUT2D eigenvalue weighted by molar-refractivity contribution is 6.32. The predicted molar refractivity (Wildman–Crippen MR) is 56.8 cm³/mol. The van der Waals surface area contributed by atoms with E-state index in [-0.39, 0.29) is 10.6 Å². The van der Waals surface area contributed by atoms with Crippen LogP contribution in [0.25, 0.3) is 0 Å². The zero-order valence-electron chi connectivity index (χ0n) is 8.20. The molecule has 78 valence electrons. The molecule has 0 amide bonds. The van der Waals surface area contributed by atoms with Crippen molar-refractivity contribution in [1.29, 1.82) is 0 Å². The number of hydrogen-bond donors (Lipinski definition) is 1. The van der Waals surface area contributed by atoms with Crippen molar-refractivity contribution in [1.82, 2.24) is 9.78 Å². The summed E-state index contributed by atoms with van der Waals surface area (Å²) in [6, 6.07) is 0. The number of nitrogens with zero attached hydrogens (tertiary/aromatic N) is 3. The second-order valence-corrected chi connectivity index (χ2v) is 3.36. The van der Waals surface area contributed by atoms with E-state index in [2.05, 4.69) is 5.10 Å². The maximum Gasteiger partial charge on any atom is 0.287 e. The standard InChI is InChI=1S/C8H13ClN4O/c1-12(4-3-10)6-5-11-13(2)8(14)7(6)9/h5H,3-4,10H2,1-2H3. The van der Waals surface area contributed by atoms with Crippen LogP contribution in [0.15, 0.2) is 11.0 Å². The van der Waals surface area contributed by atoms with Gasteiger partial charge < -0.3 is 10.6 Å². The lowest BCUT2D eigenvalue weighted by Gasteiger charge is -2.18. The second kappa shape index (κ2) is 4.43. The van der Waals surface area contributed by atoms with Gasteiger partial charge in [-0.2, -0.15) is 5.10 Å². The number of hydrogen-bond acceptors (Lipinski definition) is 4. The fraction of sp³-hybridized carbons (Fsp3) is 0.500. The fourth-order valence-corrected chi connectivity index (χ4v) is 1.40. The van der Waals surface area contributed by atoms with Gasteiger partial charge in [-0.15, -0.1) is 0 Å². The van der Waals surface area contributed by atoms with Crippen molar-refractivity contribution in [2.24, 2.45) is 12.8 Å². The third-order valence-corrected chi connectivity index (χ3v) is 2.29. The van der Waals surface area contributed by atoms with E-state index in [0.717, 1.165) is 0 Å². The van der Waals surface area contributed by atoms with Crippen molar-refractivity contribution in [3.8, 4) is 0 Å². The van der Waals surface area contributed by atoms with Crippen LogP contribution < -0.4 is 16.2 Å². The Labute approximate surface area is 87.1 Å². The maximum absolute atomic E-state index is 11.4. The van der Waals surface area contributed by atoms with Crippen molar-refractivity contribution in [3.63, 3.8) is 0 Å². The first-order valence-corrected chi connectivity index (χ1v) is 4.58. The average Bonchev–Trinajstić information content (AvgIpc) is 2.15. The van der Waals surface area contributed by atoms with Gasteiger partial charge in [-0.05, 0) is 0 Å². The quantitative estimate of drug-likeness (QED) is 0.762. The van der Waals surface area contributed by atoms with E-state index in [4.69, 9.17) is 17.3 Å². The van der Waals surface area contributed by atoms with Gasteiger partial charge in [-0.1, -0.05) is 11.6 Å². The molecule has 1 heterocycles. The third-order valence-electron chi connectivity index (χ3n) is 1.94. The minimum absolute atomic E-state index is 0.179. The molecule has 5 nitrogen and oxygen atoms in total. The van der Waals surface area contributed by atoms with Gasteiger partial charge >= 0.3 is 0 Å². The van der Waals surface area contributed by atoms with Gasteiger partial charge in [0.05, 0.1) is 11.9 Å². The van der Waals surface area contributed by atoms with Crippen molar-refractivity contribution in [3.05, 3.63) is 21.6 Å². The zero-order valence-corrected chi connectivity index (χ0v) is 8.95. The SMILES string of the molecule is CN(CCN)c1cnn(C)c(=O)c1Cl. The molecule has 1 aromatic heterocycles. The highest BCUT2D eigenvalue weighted by Gasteiger charge is 2.10. The van der Waals surface area contributed by atoms with Crippen LogP contribution in [0.3, 0.4) is 0 Å². The number of aryl methyl sites for hydroxylation is 1. The van der Waals surface area contributed by atoms with Crippen LogP contribution in [-0.4, -0.2) is 29.9 Å². The van der Waals surface area contributed by atoms with Gasteiger partial charge in [0.2, 0.25) is 0 Å². The Hall–Kier alpha value is -1.07. The maximum atomic E-state index is 11.4. The van der Waals surface area contributed by atoms with Crippen molar-refractivity contribution >= 4 is 17.3 Å². The molecule has 0 atom stereocenters. The fourth-order valence-electron chi connectivity index (χ4n) is 1.08. The first kappa shape index (κ1) is 11.0. The molecule has 0 bridgehead atoms. The van der Waals surface area contributed by atoms with Gasteiger partial charge in [0.25, 0.3) is 5.56 Å². The molecule has 0 aromatic carbocycles. The summed E-state index contributed by atoms with van der Waals surface area (Å²) in [5.74, 6) is 0. The Balaban J connectivity index is 3.11. The van der Waals surface area contributed by atoms with E-state index in [1.54, 1.807) is 18.1 Å². The van der Waals surface area contributed by atoms with Crippen LogP contribution in [0, 0.1) is 0 Å². The topological polar surface area (TPSA) is 64.2 Å². The van der Waals surface area contributed by atoms with Crippen molar-refractivity contribution in [2.75, 3.05) is 25.0 Å². The van der Waals surface area contributed by atoms with E-state index < -0.39 is 0 Å². The summed E-state index contributed by atoms with van der Waals surface area (Å²) in [6.45, 7) is 1.14. The Morgan fingerprint density at radius 1 is 1.71 bits per heavy atom. The minimum atomic E-state index is -0.298. The predicted octanol–water partition coefficient (Wildman–Crippen LogP) is -0.171. The van der Waals surface area contributed by atoms with Crippen LogP contribution in [-0.2, 0) is 7.05 Å². The third kappa shape index (κ3) is 2.05. The molecular weight excluding hydrogens is 204 g/mol. The Kier molecular flexibility index (Phi) is 3.49. The Morgan fingerprint density at radius 3 is 2.93 bits per heavy atom. The average molecular weight is 217 g/mol. The molecule has 14 heavy (non-hydrogen) atoms. The van der Waals surface area contributed by atoms with Gasteiger partial charge in [-0.25, -0.2) is 4.68 Å². The van der Waals surface area contributed by atoms with Gasteiger partial charge in [-0.3, -0.25) is 4.79 Å². The molecule has 0 aliphatic carbocycles. The summed E-state index contributed by atoms with van der Waals surface area (Å²) in [5, 5.41) is 4.06. The lowest BCUT2D eigenvalue weighted by molar-refractivity contribution is 0.703. The van der Waals surface area contributed by atoms with Crippen molar-refractivity contribution < 1.29 is 0 Å². The molecule has 6 heteroatoms. The van der Waals surface area contributed by atoms with E-state index in [1.165, 1.54) is 4.68 Å². The summed E-state index contributed by atoms with van der Waals surface area (Å²) in [6.07, 6.45) is 1.55. The van der Waals surface area contributed by atoms with E-state index in [0.29, 0.717) is 18.8 Å². The van der Waals surface area contributed by atoms with Crippen LogP contribution in [0.2, 0.25) is 5.02 Å². The molecule has 0 saturated heterocycles. The number of likely N-dealkylation sites (N-methyl/N-ethyl adjacent to an activating group) is 1. The lowest BCUT2D eigenvalue weighted by Crippen LogP contribution is -2.29. The first-order chi connectivity index (χ1) is 6.57. The normalized spacial score (nSPS) is 10.3. The summed E-state index contributed by atoms with van der Waals surface area (Å²) in [7, 11) is 3.37. The van der Waals surface area contributed by atoms with Crippen LogP contribution >= 0.6 is 11.6 Å². The zero-order chi connectivity index (χ0) is 10.7. The van der Waals surface area contributed by atoms with Gasteiger partial charge in [0.1, 0.15) is 5.02 Å².